The van der Waals surface area contributed by atoms with Crippen molar-refractivity contribution in [3.8, 4) is 0 Å². The highest BCUT2D eigenvalue weighted by Gasteiger charge is 2.22. The van der Waals surface area contributed by atoms with Crippen molar-refractivity contribution in [1.82, 2.24) is 10.6 Å². The third-order valence-corrected chi connectivity index (χ3v) is 3.63. The molecule has 0 aliphatic heterocycles. The van der Waals surface area contributed by atoms with Crippen molar-refractivity contribution >= 4 is 11.8 Å². The van der Waals surface area contributed by atoms with Gasteiger partial charge in [-0.2, -0.15) is 0 Å². The van der Waals surface area contributed by atoms with Crippen LogP contribution in [0.2, 0.25) is 0 Å². The van der Waals surface area contributed by atoms with Crippen LogP contribution in [0.25, 0.3) is 0 Å². The van der Waals surface area contributed by atoms with Gasteiger partial charge in [-0.1, -0.05) is 31.5 Å². The molecule has 0 aliphatic carbocycles. The van der Waals surface area contributed by atoms with Crippen LogP contribution in [0.4, 0.5) is 0 Å². The van der Waals surface area contributed by atoms with Gasteiger partial charge in [-0.3, -0.25) is 9.59 Å². The van der Waals surface area contributed by atoms with E-state index in [1.807, 2.05) is 39.0 Å². The van der Waals surface area contributed by atoms with Gasteiger partial charge in [-0.15, -0.1) is 0 Å². The van der Waals surface area contributed by atoms with Crippen LogP contribution in [-0.4, -0.2) is 17.9 Å². The van der Waals surface area contributed by atoms with Gasteiger partial charge < -0.3 is 15.1 Å². The molecule has 2 aromatic rings. The third kappa shape index (κ3) is 5.26. The molecule has 1 aromatic heterocycles. The number of amides is 2. The minimum absolute atomic E-state index is 0.207. The van der Waals surface area contributed by atoms with E-state index in [0.29, 0.717) is 24.3 Å². The summed E-state index contributed by atoms with van der Waals surface area (Å²) in [7, 11) is 0. The summed E-state index contributed by atoms with van der Waals surface area (Å²) in [5.41, 5.74) is 1.56. The predicted octanol–water partition coefficient (Wildman–Crippen LogP) is 3.05. The number of hydrogen-bond donors (Lipinski definition) is 2. The summed E-state index contributed by atoms with van der Waals surface area (Å²) in [4.78, 5) is 24.9. The fourth-order valence-electron chi connectivity index (χ4n) is 2.44. The molecule has 2 amide bonds. The van der Waals surface area contributed by atoms with Crippen molar-refractivity contribution in [2.24, 2.45) is 5.92 Å². The van der Waals surface area contributed by atoms with Crippen molar-refractivity contribution in [1.29, 1.82) is 0 Å². The molecule has 0 unspecified atom stereocenters. The minimum atomic E-state index is -0.576. The van der Waals surface area contributed by atoms with E-state index in [-0.39, 0.29) is 17.7 Å². The van der Waals surface area contributed by atoms with E-state index in [2.05, 4.69) is 10.6 Å². The quantitative estimate of drug-likeness (QED) is 0.820. The molecule has 0 radical (unpaired) electrons. The largest absolute Gasteiger partial charge is 0.467 e. The van der Waals surface area contributed by atoms with Crippen molar-refractivity contribution in [2.45, 2.75) is 39.8 Å². The maximum Gasteiger partial charge on any atom is 0.251 e. The van der Waals surface area contributed by atoms with E-state index < -0.39 is 6.04 Å². The second-order valence-corrected chi connectivity index (χ2v) is 6.32. The molecule has 24 heavy (non-hydrogen) atoms. The normalized spacial score (nSPS) is 12.0. The Morgan fingerprint density at radius 2 is 1.96 bits per heavy atom. The van der Waals surface area contributed by atoms with Crippen LogP contribution in [0.3, 0.4) is 0 Å². The number of rotatable bonds is 7. The lowest BCUT2D eigenvalue weighted by atomic mass is 10.0. The first kappa shape index (κ1) is 17.8. The standard InChI is InChI=1S/C19H24N2O3/c1-13(2)10-17(19(23)20-12-16-8-5-9-24-16)21-18(22)15-7-4-6-14(3)11-15/h4-9,11,13,17H,10,12H2,1-3H3,(H,20,23)(H,21,22)/t17-/m0/s1. The molecule has 2 rings (SSSR count). The Labute approximate surface area is 142 Å². The van der Waals surface area contributed by atoms with Gasteiger partial charge in [0.2, 0.25) is 5.91 Å². The first-order valence-corrected chi connectivity index (χ1v) is 8.13. The smallest absolute Gasteiger partial charge is 0.251 e. The number of carbonyl (C=O) groups excluding carboxylic acids is 2. The lowest BCUT2D eigenvalue weighted by molar-refractivity contribution is -0.123. The van der Waals surface area contributed by atoms with Crippen LogP contribution in [0.15, 0.2) is 47.1 Å². The second-order valence-electron chi connectivity index (χ2n) is 6.32. The van der Waals surface area contributed by atoms with Crippen LogP contribution in [0.5, 0.6) is 0 Å². The van der Waals surface area contributed by atoms with Crippen molar-refractivity contribution < 1.29 is 14.0 Å². The Morgan fingerprint density at radius 3 is 2.58 bits per heavy atom. The fraction of sp³-hybridized carbons (Fsp3) is 0.368. The van der Waals surface area contributed by atoms with Crippen molar-refractivity contribution in [3.63, 3.8) is 0 Å². The molecular formula is C19H24N2O3. The molecule has 1 atom stereocenters. The summed E-state index contributed by atoms with van der Waals surface area (Å²) in [5, 5.41) is 5.65. The van der Waals surface area contributed by atoms with Gasteiger partial charge in [-0.25, -0.2) is 0 Å². The molecular weight excluding hydrogens is 304 g/mol. The van der Waals surface area contributed by atoms with E-state index in [4.69, 9.17) is 4.42 Å². The van der Waals surface area contributed by atoms with E-state index >= 15 is 0 Å². The summed E-state index contributed by atoms with van der Waals surface area (Å²) >= 11 is 0. The molecule has 5 nitrogen and oxygen atoms in total. The van der Waals surface area contributed by atoms with Gasteiger partial charge in [0, 0.05) is 5.56 Å². The molecule has 0 spiro atoms. The van der Waals surface area contributed by atoms with Crippen molar-refractivity contribution in [2.75, 3.05) is 0 Å². The Bertz CT molecular complexity index is 678. The summed E-state index contributed by atoms with van der Waals surface area (Å²) in [6, 6.07) is 10.3. The number of furan rings is 1. The second kappa shape index (κ2) is 8.34. The molecule has 5 heteroatoms. The highest BCUT2D eigenvalue weighted by atomic mass is 16.3. The molecule has 0 saturated heterocycles. The van der Waals surface area contributed by atoms with E-state index in [1.165, 1.54) is 0 Å². The van der Waals surface area contributed by atoms with E-state index in [9.17, 15) is 9.59 Å². The van der Waals surface area contributed by atoms with Gasteiger partial charge in [0.25, 0.3) is 5.91 Å². The zero-order valence-electron chi connectivity index (χ0n) is 14.3. The molecule has 0 saturated carbocycles. The molecule has 1 aromatic carbocycles. The van der Waals surface area contributed by atoms with Gasteiger partial charge in [0.1, 0.15) is 11.8 Å². The van der Waals surface area contributed by atoms with Crippen LogP contribution in [0.1, 0.15) is 41.9 Å². The zero-order chi connectivity index (χ0) is 17.5. The monoisotopic (exact) mass is 328 g/mol. The number of carbonyl (C=O) groups is 2. The Kier molecular flexibility index (Phi) is 6.18. The maximum atomic E-state index is 12.4. The molecule has 0 aliphatic rings. The fourth-order valence-corrected chi connectivity index (χ4v) is 2.44. The van der Waals surface area contributed by atoms with Crippen LogP contribution in [-0.2, 0) is 11.3 Å². The average Bonchev–Trinajstić information content (AvgIpc) is 3.05. The third-order valence-electron chi connectivity index (χ3n) is 3.63. The van der Waals surface area contributed by atoms with Gasteiger partial charge >= 0.3 is 0 Å². The first-order chi connectivity index (χ1) is 11.5. The lowest BCUT2D eigenvalue weighted by Gasteiger charge is -2.20. The van der Waals surface area contributed by atoms with Gasteiger partial charge in [0.15, 0.2) is 0 Å². The summed E-state index contributed by atoms with van der Waals surface area (Å²) < 4.78 is 5.21. The Hall–Kier alpha value is -2.56. The Balaban J connectivity index is 2.01. The zero-order valence-corrected chi connectivity index (χ0v) is 14.3. The predicted molar refractivity (Wildman–Crippen MR) is 92.4 cm³/mol. The van der Waals surface area contributed by atoms with E-state index in [0.717, 1.165) is 5.56 Å². The lowest BCUT2D eigenvalue weighted by Crippen LogP contribution is -2.47. The summed E-state index contributed by atoms with van der Waals surface area (Å²) in [6.07, 6.45) is 2.13. The Morgan fingerprint density at radius 1 is 1.17 bits per heavy atom. The summed E-state index contributed by atoms with van der Waals surface area (Å²) in [6.45, 7) is 6.27. The maximum absolute atomic E-state index is 12.4. The number of nitrogens with one attached hydrogen (secondary N) is 2. The topological polar surface area (TPSA) is 71.3 Å². The van der Waals surface area contributed by atoms with Crippen LogP contribution in [0, 0.1) is 12.8 Å². The summed E-state index contributed by atoms with van der Waals surface area (Å²) in [5.74, 6) is 0.512. The average molecular weight is 328 g/mol. The number of hydrogen-bond acceptors (Lipinski definition) is 3. The minimum Gasteiger partial charge on any atom is -0.467 e. The molecule has 0 bridgehead atoms. The van der Waals surface area contributed by atoms with Gasteiger partial charge in [-0.05, 0) is 43.5 Å². The molecule has 0 fully saturated rings. The highest BCUT2D eigenvalue weighted by Crippen LogP contribution is 2.09. The first-order valence-electron chi connectivity index (χ1n) is 8.13. The SMILES string of the molecule is Cc1cccc(C(=O)N[C@@H](CC(C)C)C(=O)NCc2ccco2)c1. The highest BCUT2D eigenvalue weighted by molar-refractivity contribution is 5.97. The number of benzene rings is 1. The molecule has 1 heterocycles. The van der Waals surface area contributed by atoms with Gasteiger partial charge in [0.05, 0.1) is 12.8 Å². The van der Waals surface area contributed by atoms with Crippen molar-refractivity contribution in [3.05, 3.63) is 59.5 Å². The van der Waals surface area contributed by atoms with Crippen LogP contribution < -0.4 is 10.6 Å². The van der Waals surface area contributed by atoms with Crippen LogP contribution >= 0.6 is 0 Å². The molecule has 128 valence electrons. The van der Waals surface area contributed by atoms with E-state index in [1.54, 1.807) is 24.5 Å². The number of aryl methyl sites for hydroxylation is 1. The molecule has 2 N–H and O–H groups in total.